The molecule has 0 aromatic heterocycles. The van der Waals surface area contributed by atoms with E-state index in [4.69, 9.17) is 0 Å². The van der Waals surface area contributed by atoms with Crippen molar-refractivity contribution in [1.82, 2.24) is 10.2 Å². The summed E-state index contributed by atoms with van der Waals surface area (Å²) in [6.07, 6.45) is 3.21. The Labute approximate surface area is 130 Å². The van der Waals surface area contributed by atoms with Crippen LogP contribution in [0.4, 0.5) is 4.79 Å². The number of imide groups is 2. The Morgan fingerprint density at radius 2 is 2.00 bits per heavy atom. The Hall–Kier alpha value is -1.69. The molecule has 21 heavy (non-hydrogen) atoms. The normalized spacial score (nSPS) is 23.0. The number of barbiturate groups is 1. The maximum atomic E-state index is 12.6. The number of benzene rings is 1. The maximum Gasteiger partial charge on any atom is 0.330 e. The number of halogens is 1. The van der Waals surface area contributed by atoms with Crippen molar-refractivity contribution in [3.8, 4) is 0 Å². The molecule has 3 rings (SSSR count). The Balaban J connectivity index is 1.86. The monoisotopic (exact) mass is 350 g/mol. The van der Waals surface area contributed by atoms with Gasteiger partial charge in [0.15, 0.2) is 0 Å². The molecule has 4 amide bonds. The van der Waals surface area contributed by atoms with E-state index in [1.54, 1.807) is 18.2 Å². The highest BCUT2D eigenvalue weighted by Crippen LogP contribution is 2.30. The standard InChI is InChI=1S/C15H15BrN2O3/c16-11-6-2-5-10(7-11)12-13(19)17-15(21)18(14(12)20)8-9-3-1-4-9/h2,5-7,9,12H,1,3-4,8H2,(H,17,19,21). The molecule has 6 heteroatoms. The van der Waals surface area contributed by atoms with Gasteiger partial charge in [-0.05, 0) is 36.5 Å². The van der Waals surface area contributed by atoms with Gasteiger partial charge in [-0.1, -0.05) is 34.5 Å². The number of urea groups is 1. The van der Waals surface area contributed by atoms with Crippen LogP contribution in [0.3, 0.4) is 0 Å². The summed E-state index contributed by atoms with van der Waals surface area (Å²) in [5, 5.41) is 2.29. The van der Waals surface area contributed by atoms with Crippen molar-refractivity contribution in [1.29, 1.82) is 0 Å². The number of carbonyl (C=O) groups is 3. The van der Waals surface area contributed by atoms with Gasteiger partial charge in [0.2, 0.25) is 11.8 Å². The highest BCUT2D eigenvalue weighted by Gasteiger charge is 2.42. The fraction of sp³-hybridized carbons (Fsp3) is 0.400. The van der Waals surface area contributed by atoms with Gasteiger partial charge in [-0.15, -0.1) is 0 Å². The molecule has 1 aliphatic carbocycles. The topological polar surface area (TPSA) is 66.5 Å². The zero-order valence-corrected chi connectivity index (χ0v) is 12.9. The van der Waals surface area contributed by atoms with Crippen molar-refractivity contribution in [3.63, 3.8) is 0 Å². The van der Waals surface area contributed by atoms with Crippen LogP contribution in [0.5, 0.6) is 0 Å². The van der Waals surface area contributed by atoms with E-state index in [1.165, 1.54) is 4.90 Å². The van der Waals surface area contributed by atoms with E-state index in [1.807, 2.05) is 6.07 Å². The van der Waals surface area contributed by atoms with Gasteiger partial charge in [-0.2, -0.15) is 0 Å². The Morgan fingerprint density at radius 1 is 1.24 bits per heavy atom. The Bertz CT molecular complexity index is 613. The first-order chi connectivity index (χ1) is 10.1. The van der Waals surface area contributed by atoms with Crippen molar-refractivity contribution >= 4 is 33.8 Å². The third-order valence-corrected chi connectivity index (χ3v) is 4.59. The molecule has 1 aliphatic heterocycles. The molecule has 0 spiro atoms. The smallest absolute Gasteiger partial charge is 0.277 e. The highest BCUT2D eigenvalue weighted by atomic mass is 79.9. The number of nitrogens with one attached hydrogen (secondary N) is 1. The first-order valence-corrected chi connectivity index (χ1v) is 7.77. The van der Waals surface area contributed by atoms with E-state index >= 15 is 0 Å². The average Bonchev–Trinajstić information content (AvgIpc) is 2.36. The van der Waals surface area contributed by atoms with E-state index in [9.17, 15) is 14.4 Å². The highest BCUT2D eigenvalue weighted by molar-refractivity contribution is 9.10. The van der Waals surface area contributed by atoms with Crippen molar-refractivity contribution in [2.24, 2.45) is 5.92 Å². The van der Waals surface area contributed by atoms with Gasteiger partial charge in [0.05, 0.1) is 0 Å². The van der Waals surface area contributed by atoms with E-state index in [0.29, 0.717) is 18.0 Å². The second-order valence-corrected chi connectivity index (χ2v) is 6.44. The molecular weight excluding hydrogens is 336 g/mol. The molecule has 0 radical (unpaired) electrons. The molecule has 1 aromatic carbocycles. The predicted octanol–water partition coefficient (Wildman–Crippen LogP) is 2.41. The molecule has 5 nitrogen and oxygen atoms in total. The molecule has 1 atom stereocenters. The minimum Gasteiger partial charge on any atom is -0.277 e. The number of nitrogens with zero attached hydrogens (tertiary/aromatic N) is 1. The molecule has 1 saturated heterocycles. The molecule has 2 fully saturated rings. The van der Waals surface area contributed by atoms with Gasteiger partial charge in [0.1, 0.15) is 5.92 Å². The molecule has 1 saturated carbocycles. The van der Waals surface area contributed by atoms with Crippen molar-refractivity contribution in [2.45, 2.75) is 25.2 Å². The summed E-state index contributed by atoms with van der Waals surface area (Å²) >= 11 is 3.33. The van der Waals surface area contributed by atoms with Crippen molar-refractivity contribution in [3.05, 3.63) is 34.3 Å². The zero-order valence-electron chi connectivity index (χ0n) is 11.3. The number of rotatable bonds is 3. The third-order valence-electron chi connectivity index (χ3n) is 4.10. The average molecular weight is 351 g/mol. The first kappa shape index (κ1) is 14.3. The fourth-order valence-electron chi connectivity index (χ4n) is 2.70. The van der Waals surface area contributed by atoms with Crippen LogP contribution in [0.25, 0.3) is 0 Å². The summed E-state index contributed by atoms with van der Waals surface area (Å²) in [6.45, 7) is 0.405. The number of hydrogen-bond donors (Lipinski definition) is 1. The SMILES string of the molecule is O=C1NC(=O)N(CC2CCC2)C(=O)C1c1cccc(Br)c1. The summed E-state index contributed by atoms with van der Waals surface area (Å²) in [7, 11) is 0. The van der Waals surface area contributed by atoms with Crippen LogP contribution in [-0.4, -0.2) is 29.3 Å². The van der Waals surface area contributed by atoms with E-state index in [2.05, 4.69) is 21.2 Å². The van der Waals surface area contributed by atoms with Gasteiger partial charge in [-0.3, -0.25) is 19.8 Å². The minimum atomic E-state index is -0.944. The molecule has 1 N–H and O–H groups in total. The van der Waals surface area contributed by atoms with Crippen molar-refractivity contribution in [2.75, 3.05) is 6.54 Å². The van der Waals surface area contributed by atoms with Crippen molar-refractivity contribution < 1.29 is 14.4 Å². The summed E-state index contributed by atoms with van der Waals surface area (Å²) in [6, 6.07) is 6.46. The minimum absolute atomic E-state index is 0.371. The van der Waals surface area contributed by atoms with Crippen LogP contribution in [0, 0.1) is 5.92 Å². The molecule has 2 aliphatic rings. The molecule has 0 bridgehead atoms. The number of amides is 4. The fourth-order valence-corrected chi connectivity index (χ4v) is 3.12. The van der Waals surface area contributed by atoms with Crippen LogP contribution in [-0.2, 0) is 9.59 Å². The number of carbonyl (C=O) groups excluding carboxylic acids is 3. The second kappa shape index (κ2) is 5.60. The maximum absolute atomic E-state index is 12.6. The Kier molecular flexibility index (Phi) is 3.80. The van der Waals surface area contributed by atoms with Crippen LogP contribution < -0.4 is 5.32 Å². The van der Waals surface area contributed by atoms with Crippen LogP contribution in [0.1, 0.15) is 30.7 Å². The van der Waals surface area contributed by atoms with Gasteiger partial charge in [0.25, 0.3) is 0 Å². The molecular formula is C15H15BrN2O3. The van der Waals surface area contributed by atoms with Crippen LogP contribution >= 0.6 is 15.9 Å². The van der Waals surface area contributed by atoms with E-state index in [0.717, 1.165) is 23.7 Å². The van der Waals surface area contributed by atoms with Gasteiger partial charge >= 0.3 is 6.03 Å². The van der Waals surface area contributed by atoms with E-state index < -0.39 is 23.8 Å². The zero-order chi connectivity index (χ0) is 15.0. The molecule has 1 heterocycles. The van der Waals surface area contributed by atoms with Gasteiger partial charge in [0, 0.05) is 11.0 Å². The van der Waals surface area contributed by atoms with Gasteiger partial charge < -0.3 is 0 Å². The largest absolute Gasteiger partial charge is 0.330 e. The first-order valence-electron chi connectivity index (χ1n) is 6.98. The summed E-state index contributed by atoms with van der Waals surface area (Å²) < 4.78 is 0.794. The Morgan fingerprint density at radius 3 is 2.62 bits per heavy atom. The molecule has 1 unspecified atom stereocenters. The van der Waals surface area contributed by atoms with Crippen LogP contribution in [0.15, 0.2) is 28.7 Å². The third kappa shape index (κ3) is 2.72. The lowest BCUT2D eigenvalue weighted by molar-refractivity contribution is -0.139. The summed E-state index contributed by atoms with van der Waals surface area (Å²) in [5.74, 6) is -1.54. The quantitative estimate of drug-likeness (QED) is 0.851. The lowest BCUT2D eigenvalue weighted by atomic mass is 9.84. The summed E-state index contributed by atoms with van der Waals surface area (Å²) in [5.41, 5.74) is 0.595. The van der Waals surface area contributed by atoms with E-state index in [-0.39, 0.29) is 0 Å². The van der Waals surface area contributed by atoms with Gasteiger partial charge in [-0.25, -0.2) is 4.79 Å². The number of hydrogen-bond acceptors (Lipinski definition) is 3. The predicted molar refractivity (Wildman–Crippen MR) is 79.5 cm³/mol. The lowest BCUT2D eigenvalue weighted by Crippen LogP contribution is -2.58. The second-order valence-electron chi connectivity index (χ2n) is 5.53. The molecule has 1 aromatic rings. The lowest BCUT2D eigenvalue weighted by Gasteiger charge is -2.35. The molecule has 110 valence electrons. The summed E-state index contributed by atoms with van der Waals surface area (Å²) in [4.78, 5) is 37.7. The van der Waals surface area contributed by atoms with Crippen LogP contribution in [0.2, 0.25) is 0 Å².